The van der Waals surface area contributed by atoms with Crippen molar-refractivity contribution in [1.29, 1.82) is 0 Å². The van der Waals surface area contributed by atoms with Crippen LogP contribution in [0.4, 0.5) is 19.0 Å². The number of carbonyl (C=O) groups excluding carboxylic acids is 1. The number of pyridine rings is 1. The molecule has 0 bridgehead atoms. The van der Waals surface area contributed by atoms with Gasteiger partial charge in [0.1, 0.15) is 5.82 Å². The number of amides is 1. The number of hydrogen-bond acceptors (Lipinski definition) is 4. The van der Waals surface area contributed by atoms with Crippen LogP contribution in [0.3, 0.4) is 0 Å². The lowest BCUT2D eigenvalue weighted by atomic mass is 10.1. The number of aromatic nitrogens is 1. The van der Waals surface area contributed by atoms with E-state index in [2.05, 4.69) is 17.2 Å². The fourth-order valence-corrected chi connectivity index (χ4v) is 3.52. The summed E-state index contributed by atoms with van der Waals surface area (Å²) >= 11 is 6.02. The lowest BCUT2D eigenvalue weighted by Gasteiger charge is -2.35. The molecule has 1 aromatic heterocycles. The average molecular weight is 421 g/mol. The molecule has 1 atom stereocenters. The van der Waals surface area contributed by atoms with Gasteiger partial charge >= 0.3 is 6.18 Å². The van der Waals surface area contributed by atoms with Gasteiger partial charge in [0.05, 0.1) is 17.1 Å². The lowest BCUT2D eigenvalue weighted by Crippen LogP contribution is -2.50. The number of piperazine rings is 1. The van der Waals surface area contributed by atoms with E-state index in [1.54, 1.807) is 0 Å². The molecule has 28 heavy (non-hydrogen) atoms. The highest BCUT2D eigenvalue weighted by Crippen LogP contribution is 2.33. The van der Waals surface area contributed by atoms with E-state index < -0.39 is 11.7 Å². The van der Waals surface area contributed by atoms with Crippen LogP contribution < -0.4 is 10.2 Å². The van der Waals surface area contributed by atoms with E-state index in [1.165, 1.54) is 6.42 Å². The van der Waals surface area contributed by atoms with Gasteiger partial charge in [-0.15, -0.1) is 0 Å². The van der Waals surface area contributed by atoms with Gasteiger partial charge < -0.3 is 10.2 Å². The van der Waals surface area contributed by atoms with E-state index in [0.29, 0.717) is 38.5 Å². The van der Waals surface area contributed by atoms with Crippen molar-refractivity contribution in [2.45, 2.75) is 51.7 Å². The molecule has 0 radical (unpaired) electrons. The van der Waals surface area contributed by atoms with E-state index in [9.17, 15) is 18.0 Å². The molecule has 1 aromatic rings. The van der Waals surface area contributed by atoms with Gasteiger partial charge in [0, 0.05) is 38.4 Å². The minimum atomic E-state index is -4.46. The van der Waals surface area contributed by atoms with Crippen molar-refractivity contribution in [3.8, 4) is 0 Å². The standard InChI is InChI=1S/C19H28ClF3N4O/c1-3-4-5-6-14(2)25-17(28)13-26-7-9-27(10-8-26)18-16(20)11-15(12-24-18)19(21,22)23/h11-12,14H,3-10,13H2,1-2H3,(H,25,28)/t14-/m0/s1. The van der Waals surface area contributed by atoms with Crippen LogP contribution in [-0.2, 0) is 11.0 Å². The van der Waals surface area contributed by atoms with E-state index in [0.717, 1.165) is 31.5 Å². The first-order valence-corrected chi connectivity index (χ1v) is 10.1. The van der Waals surface area contributed by atoms with Crippen LogP contribution in [0.25, 0.3) is 0 Å². The molecule has 0 unspecified atom stereocenters. The highest BCUT2D eigenvalue weighted by Gasteiger charge is 2.32. The maximum atomic E-state index is 12.7. The van der Waals surface area contributed by atoms with Crippen molar-refractivity contribution < 1.29 is 18.0 Å². The molecule has 1 amide bonds. The van der Waals surface area contributed by atoms with Crippen molar-refractivity contribution in [3.63, 3.8) is 0 Å². The minimum Gasteiger partial charge on any atom is -0.353 e. The molecule has 1 aliphatic heterocycles. The smallest absolute Gasteiger partial charge is 0.353 e. The third-order valence-electron chi connectivity index (χ3n) is 4.84. The number of rotatable bonds is 8. The number of hydrogen-bond donors (Lipinski definition) is 1. The molecule has 9 heteroatoms. The number of carbonyl (C=O) groups is 1. The van der Waals surface area contributed by atoms with E-state index >= 15 is 0 Å². The van der Waals surface area contributed by atoms with Crippen LogP contribution in [0.15, 0.2) is 12.3 Å². The molecule has 1 fully saturated rings. The van der Waals surface area contributed by atoms with Gasteiger partial charge in [-0.25, -0.2) is 4.98 Å². The molecule has 5 nitrogen and oxygen atoms in total. The zero-order chi connectivity index (χ0) is 20.7. The number of alkyl halides is 3. The predicted octanol–water partition coefficient (Wildman–Crippen LogP) is 3.96. The first-order valence-electron chi connectivity index (χ1n) is 9.70. The Hall–Kier alpha value is -1.54. The molecule has 1 N–H and O–H groups in total. The molecule has 2 rings (SSSR count). The maximum Gasteiger partial charge on any atom is 0.417 e. The molecule has 2 heterocycles. The highest BCUT2D eigenvalue weighted by molar-refractivity contribution is 6.33. The largest absolute Gasteiger partial charge is 0.417 e. The Bertz CT molecular complexity index is 649. The zero-order valence-electron chi connectivity index (χ0n) is 16.4. The summed E-state index contributed by atoms with van der Waals surface area (Å²) in [6, 6.07) is 1.07. The summed E-state index contributed by atoms with van der Waals surface area (Å²) in [5, 5.41) is 3.01. The fourth-order valence-electron chi connectivity index (χ4n) is 3.23. The molecule has 0 saturated carbocycles. The second-order valence-corrected chi connectivity index (χ2v) is 7.66. The Labute approximate surface area is 169 Å². The number of nitrogens with zero attached hydrogens (tertiary/aromatic N) is 3. The second-order valence-electron chi connectivity index (χ2n) is 7.25. The van der Waals surface area contributed by atoms with Crippen LogP contribution in [0, 0.1) is 0 Å². The molecular formula is C19H28ClF3N4O. The zero-order valence-corrected chi connectivity index (χ0v) is 17.1. The van der Waals surface area contributed by atoms with Crippen molar-refractivity contribution in [2.24, 2.45) is 0 Å². The van der Waals surface area contributed by atoms with Crippen LogP contribution in [0.5, 0.6) is 0 Å². The summed E-state index contributed by atoms with van der Waals surface area (Å²) in [7, 11) is 0. The van der Waals surface area contributed by atoms with Crippen LogP contribution in [-0.4, -0.2) is 54.6 Å². The summed E-state index contributed by atoms with van der Waals surface area (Å²) in [5.74, 6) is 0.353. The monoisotopic (exact) mass is 420 g/mol. The molecule has 0 spiro atoms. The van der Waals surface area contributed by atoms with Crippen LogP contribution in [0.1, 0.15) is 45.1 Å². The van der Waals surface area contributed by atoms with E-state index in [4.69, 9.17) is 11.6 Å². The molecule has 1 aliphatic rings. The van der Waals surface area contributed by atoms with Gasteiger partial charge in [0.25, 0.3) is 0 Å². The van der Waals surface area contributed by atoms with Gasteiger partial charge in [-0.05, 0) is 19.4 Å². The third kappa shape index (κ3) is 6.81. The molecule has 0 aromatic carbocycles. The summed E-state index contributed by atoms with van der Waals surface area (Å²) in [4.78, 5) is 20.0. The van der Waals surface area contributed by atoms with Gasteiger partial charge in [-0.1, -0.05) is 37.8 Å². The van der Waals surface area contributed by atoms with Gasteiger partial charge in [-0.3, -0.25) is 9.69 Å². The molecular weight excluding hydrogens is 393 g/mol. The average Bonchev–Trinajstić information content (AvgIpc) is 2.62. The Morgan fingerprint density at radius 3 is 2.54 bits per heavy atom. The number of halogens is 4. The summed E-state index contributed by atoms with van der Waals surface area (Å²) in [6.45, 7) is 6.84. The topological polar surface area (TPSA) is 48.5 Å². The van der Waals surface area contributed by atoms with Crippen molar-refractivity contribution in [2.75, 3.05) is 37.6 Å². The molecule has 158 valence electrons. The van der Waals surface area contributed by atoms with Crippen LogP contribution in [0.2, 0.25) is 5.02 Å². The maximum absolute atomic E-state index is 12.7. The summed E-state index contributed by atoms with van der Waals surface area (Å²) in [6.07, 6.45) is 0.754. The van der Waals surface area contributed by atoms with E-state index in [-0.39, 0.29) is 17.0 Å². The lowest BCUT2D eigenvalue weighted by molar-refractivity contribution is -0.137. The Balaban J connectivity index is 1.80. The SMILES string of the molecule is CCCCC[C@H](C)NC(=O)CN1CCN(c2ncc(C(F)(F)F)cc2Cl)CC1. The first kappa shape index (κ1) is 22.7. The molecule has 0 aliphatic carbocycles. The Morgan fingerprint density at radius 1 is 1.29 bits per heavy atom. The Kier molecular flexibility index (Phi) is 8.37. The first-order chi connectivity index (χ1) is 13.2. The predicted molar refractivity (Wildman–Crippen MR) is 105 cm³/mol. The van der Waals surface area contributed by atoms with Gasteiger partial charge in [-0.2, -0.15) is 13.2 Å². The van der Waals surface area contributed by atoms with Gasteiger partial charge in [0.2, 0.25) is 5.91 Å². The quantitative estimate of drug-likeness (QED) is 0.647. The third-order valence-corrected chi connectivity index (χ3v) is 5.11. The van der Waals surface area contributed by atoms with Gasteiger partial charge in [0.15, 0.2) is 0 Å². The summed E-state index contributed by atoms with van der Waals surface area (Å²) < 4.78 is 38.2. The van der Waals surface area contributed by atoms with Crippen molar-refractivity contribution >= 4 is 23.3 Å². The van der Waals surface area contributed by atoms with Crippen LogP contribution >= 0.6 is 11.6 Å². The van der Waals surface area contributed by atoms with E-state index in [1.807, 2.05) is 16.7 Å². The fraction of sp³-hybridized carbons (Fsp3) is 0.684. The molecule has 1 saturated heterocycles. The highest BCUT2D eigenvalue weighted by atomic mass is 35.5. The Morgan fingerprint density at radius 2 is 1.96 bits per heavy atom. The normalized spacial score (nSPS) is 16.9. The van der Waals surface area contributed by atoms with Crippen molar-refractivity contribution in [1.82, 2.24) is 15.2 Å². The number of nitrogens with one attached hydrogen (secondary N) is 1. The summed E-state index contributed by atoms with van der Waals surface area (Å²) in [5.41, 5.74) is -0.857. The number of anilines is 1. The second kappa shape index (κ2) is 10.3. The minimum absolute atomic E-state index is 0.00290. The number of unbranched alkanes of at least 4 members (excludes halogenated alkanes) is 2. The van der Waals surface area contributed by atoms with Crippen molar-refractivity contribution in [3.05, 3.63) is 22.8 Å².